The van der Waals surface area contributed by atoms with Crippen LogP contribution >= 0.6 is 0 Å². The zero-order valence-electron chi connectivity index (χ0n) is 28.8. The number of likely N-dealkylation sites (tertiary alicyclic amines) is 1. The van der Waals surface area contributed by atoms with Crippen molar-refractivity contribution in [3.8, 4) is 28.7 Å². The van der Waals surface area contributed by atoms with E-state index in [0.717, 1.165) is 44.5 Å². The molecule has 48 heavy (non-hydrogen) atoms. The van der Waals surface area contributed by atoms with E-state index in [2.05, 4.69) is 22.5 Å². The average Bonchev–Trinajstić information content (AvgIpc) is 3.33. The van der Waals surface area contributed by atoms with Crippen molar-refractivity contribution in [2.24, 2.45) is 0 Å². The van der Waals surface area contributed by atoms with Crippen LogP contribution in [0, 0.1) is 0 Å². The average molecular weight is 659 g/mol. The van der Waals surface area contributed by atoms with Crippen molar-refractivity contribution in [2.45, 2.75) is 77.9 Å². The van der Waals surface area contributed by atoms with Gasteiger partial charge in [-0.25, -0.2) is 4.79 Å². The lowest BCUT2D eigenvalue weighted by atomic mass is 10.1. The second-order valence-corrected chi connectivity index (χ2v) is 12.4. The maximum Gasteiger partial charge on any atom is 0.319 e. The Bertz CT molecular complexity index is 1500. The number of hydrogen-bond acceptors (Lipinski definition) is 7. The minimum atomic E-state index is -0.264. The summed E-state index contributed by atoms with van der Waals surface area (Å²) in [4.78, 5) is 30.5. The lowest BCUT2D eigenvalue weighted by Crippen LogP contribution is -2.38. The van der Waals surface area contributed by atoms with E-state index in [0.29, 0.717) is 59.5 Å². The third-order valence-corrected chi connectivity index (χ3v) is 8.99. The number of benzene rings is 3. The van der Waals surface area contributed by atoms with Crippen molar-refractivity contribution in [3.05, 3.63) is 66.2 Å². The van der Waals surface area contributed by atoms with E-state index in [1.54, 1.807) is 36.3 Å². The molecule has 0 atom stereocenters. The molecule has 3 aromatic rings. The van der Waals surface area contributed by atoms with Gasteiger partial charge in [-0.1, -0.05) is 27.2 Å². The van der Waals surface area contributed by atoms with Crippen LogP contribution in [0.5, 0.6) is 28.7 Å². The van der Waals surface area contributed by atoms with E-state index in [9.17, 15) is 9.59 Å². The van der Waals surface area contributed by atoms with Crippen molar-refractivity contribution in [2.75, 3.05) is 50.1 Å². The second-order valence-electron chi connectivity index (χ2n) is 12.4. The quantitative estimate of drug-likeness (QED) is 0.193. The molecule has 0 saturated carbocycles. The van der Waals surface area contributed by atoms with E-state index < -0.39 is 0 Å². The zero-order chi connectivity index (χ0) is 33.9. The molecule has 2 heterocycles. The fourth-order valence-corrected chi connectivity index (χ4v) is 6.09. The van der Waals surface area contributed by atoms with Gasteiger partial charge in [-0.3, -0.25) is 4.79 Å². The molecule has 0 aromatic heterocycles. The molecule has 0 unspecified atom stereocenters. The Morgan fingerprint density at radius 3 is 2.38 bits per heavy atom. The molecule has 1 fully saturated rings. The van der Waals surface area contributed by atoms with Gasteiger partial charge in [0.1, 0.15) is 23.4 Å². The van der Waals surface area contributed by atoms with E-state index in [4.69, 9.17) is 18.9 Å². The number of nitrogens with one attached hydrogen (secondary N) is 2. The number of hydrogen-bond donors (Lipinski definition) is 2. The summed E-state index contributed by atoms with van der Waals surface area (Å²) in [5, 5.41) is 5.83. The van der Waals surface area contributed by atoms with Gasteiger partial charge in [0.25, 0.3) is 5.91 Å². The predicted molar refractivity (Wildman–Crippen MR) is 189 cm³/mol. The van der Waals surface area contributed by atoms with Crippen LogP contribution in [-0.2, 0) is 0 Å². The fourth-order valence-electron chi connectivity index (χ4n) is 6.09. The van der Waals surface area contributed by atoms with E-state index in [1.807, 2.05) is 50.2 Å². The Morgan fingerprint density at radius 2 is 1.67 bits per heavy atom. The first-order chi connectivity index (χ1) is 23.4. The maximum atomic E-state index is 13.7. The van der Waals surface area contributed by atoms with Crippen LogP contribution in [0.25, 0.3) is 0 Å². The van der Waals surface area contributed by atoms with Crippen molar-refractivity contribution in [3.63, 3.8) is 0 Å². The van der Waals surface area contributed by atoms with E-state index >= 15 is 0 Å². The number of ether oxygens (including phenoxy) is 4. The number of fused-ring (bicyclic) bond motifs is 1. The van der Waals surface area contributed by atoms with Crippen molar-refractivity contribution in [1.82, 2.24) is 10.2 Å². The molecule has 10 heteroatoms. The van der Waals surface area contributed by atoms with Gasteiger partial charge >= 0.3 is 6.03 Å². The minimum absolute atomic E-state index is 0.0933. The second kappa shape index (κ2) is 17.1. The topological polar surface area (TPSA) is 102 Å². The zero-order valence-corrected chi connectivity index (χ0v) is 28.8. The molecule has 3 aromatic carbocycles. The smallest absolute Gasteiger partial charge is 0.319 e. The van der Waals surface area contributed by atoms with Gasteiger partial charge in [-0.05, 0) is 93.6 Å². The van der Waals surface area contributed by atoms with Gasteiger partial charge in [0, 0.05) is 49.1 Å². The third kappa shape index (κ3) is 9.13. The lowest BCUT2D eigenvalue weighted by molar-refractivity contribution is 0.0984. The summed E-state index contributed by atoms with van der Waals surface area (Å²) in [6.07, 6.45) is 7.13. The van der Waals surface area contributed by atoms with Gasteiger partial charge in [-0.2, -0.15) is 0 Å². The predicted octanol–water partition coefficient (Wildman–Crippen LogP) is 7.87. The number of anilines is 2. The summed E-state index contributed by atoms with van der Waals surface area (Å²) in [6.45, 7) is 10.6. The van der Waals surface area contributed by atoms with Crippen LogP contribution in [0.3, 0.4) is 0 Å². The van der Waals surface area contributed by atoms with E-state index in [1.165, 1.54) is 19.4 Å². The molecule has 0 aliphatic carbocycles. The Labute approximate surface area is 284 Å². The molecule has 258 valence electrons. The fraction of sp³-hybridized carbons (Fsp3) is 0.474. The summed E-state index contributed by atoms with van der Waals surface area (Å²) in [5.41, 5.74) is 1.87. The Morgan fingerprint density at radius 1 is 0.917 bits per heavy atom. The molecule has 0 spiro atoms. The monoisotopic (exact) mass is 658 g/mol. The Kier molecular flexibility index (Phi) is 12.4. The molecule has 0 bridgehead atoms. The molecule has 3 amide bonds. The number of methoxy groups -OCH3 is 1. The molecule has 10 nitrogen and oxygen atoms in total. The third-order valence-electron chi connectivity index (χ3n) is 8.99. The highest BCUT2D eigenvalue weighted by atomic mass is 16.5. The molecule has 2 N–H and O–H groups in total. The maximum absolute atomic E-state index is 13.7. The molecule has 1 saturated heterocycles. The van der Waals surface area contributed by atoms with E-state index in [-0.39, 0.29) is 24.1 Å². The summed E-state index contributed by atoms with van der Waals surface area (Å²) < 4.78 is 24.1. The molecule has 2 aliphatic heterocycles. The standard InChI is InChI=1S/C38H50N4O6/c1-5-8-20-41-22-18-31(19-23-41)47-30-13-10-27(11-14-30)37(43)42-21-9-24-46-35-26-32(15-16-33(35)42)48-34-17-12-29(25-36(34)45-4)40-38(44)39-28(6-2)7-3/h10-17,25-26,28,31H,5-9,18-24H2,1-4H3,(H2,39,40,44). The van der Waals surface area contributed by atoms with Crippen LogP contribution < -0.4 is 34.5 Å². The minimum Gasteiger partial charge on any atom is -0.493 e. The van der Waals surface area contributed by atoms with Crippen LogP contribution in [0.4, 0.5) is 16.2 Å². The van der Waals surface area contributed by atoms with Gasteiger partial charge < -0.3 is 39.4 Å². The highest BCUT2D eigenvalue weighted by Gasteiger charge is 2.25. The molecule has 0 radical (unpaired) electrons. The van der Waals surface area contributed by atoms with Crippen molar-refractivity contribution < 1.29 is 28.5 Å². The summed E-state index contributed by atoms with van der Waals surface area (Å²) in [6, 6.07) is 18.0. The largest absolute Gasteiger partial charge is 0.493 e. The lowest BCUT2D eigenvalue weighted by Gasteiger charge is -2.32. The number of nitrogens with zero attached hydrogens (tertiary/aromatic N) is 2. The van der Waals surface area contributed by atoms with Gasteiger partial charge in [0.05, 0.1) is 19.4 Å². The molecular formula is C38H50N4O6. The van der Waals surface area contributed by atoms with Crippen LogP contribution in [0.2, 0.25) is 0 Å². The number of carbonyl (C=O) groups excluding carboxylic acids is 2. The van der Waals surface area contributed by atoms with Crippen LogP contribution in [0.15, 0.2) is 60.7 Å². The first-order valence-electron chi connectivity index (χ1n) is 17.4. The number of carbonyl (C=O) groups is 2. The number of urea groups is 1. The van der Waals surface area contributed by atoms with Crippen molar-refractivity contribution >= 4 is 23.3 Å². The molecule has 5 rings (SSSR count). The highest BCUT2D eigenvalue weighted by Crippen LogP contribution is 2.39. The number of amides is 3. The Hall–Kier alpha value is -4.44. The number of unbranched alkanes of at least 4 members (excludes halogenated alkanes) is 1. The number of rotatable bonds is 13. The van der Waals surface area contributed by atoms with Crippen molar-refractivity contribution in [1.29, 1.82) is 0 Å². The molecule has 2 aliphatic rings. The van der Waals surface area contributed by atoms with Gasteiger partial charge in [-0.15, -0.1) is 0 Å². The van der Waals surface area contributed by atoms with Gasteiger partial charge in [0.2, 0.25) is 0 Å². The normalized spacial score (nSPS) is 15.2. The molecular weight excluding hydrogens is 608 g/mol. The summed E-state index contributed by atoms with van der Waals surface area (Å²) in [7, 11) is 1.55. The highest BCUT2D eigenvalue weighted by molar-refractivity contribution is 6.07. The summed E-state index contributed by atoms with van der Waals surface area (Å²) >= 11 is 0. The first-order valence-corrected chi connectivity index (χ1v) is 17.4. The summed E-state index contributed by atoms with van der Waals surface area (Å²) in [5.74, 6) is 2.75. The first kappa shape index (κ1) is 34.9. The Balaban J connectivity index is 1.22. The SMILES string of the molecule is CCCCN1CCC(Oc2ccc(C(=O)N3CCCOc4cc(Oc5ccc(NC(=O)NC(CC)CC)cc5OC)ccc43)cc2)CC1. The van der Waals surface area contributed by atoms with Crippen LogP contribution in [0.1, 0.15) is 76.1 Å². The van der Waals surface area contributed by atoms with Gasteiger partial charge in [0.15, 0.2) is 11.5 Å². The van der Waals surface area contributed by atoms with Crippen LogP contribution in [-0.4, -0.2) is 68.9 Å². The number of piperidine rings is 1.